The van der Waals surface area contributed by atoms with Gasteiger partial charge >= 0.3 is 11.8 Å². The van der Waals surface area contributed by atoms with Crippen molar-refractivity contribution in [3.05, 3.63) is 95.6 Å². The summed E-state index contributed by atoms with van der Waals surface area (Å²) in [6, 6.07) is 22.8. The fourth-order valence-corrected chi connectivity index (χ4v) is 3.23. The zero-order valence-electron chi connectivity index (χ0n) is 15.2. The van der Waals surface area contributed by atoms with Gasteiger partial charge in [0.25, 0.3) is 0 Å². The average Bonchev–Trinajstić information content (AvgIpc) is 3.14. The largest absolute Gasteiger partial charge is 0.493 e. The molecule has 0 radical (unpaired) electrons. The van der Waals surface area contributed by atoms with Gasteiger partial charge in [-0.2, -0.15) is 0 Å². The van der Waals surface area contributed by atoms with E-state index in [9.17, 15) is 4.79 Å². The van der Waals surface area contributed by atoms with Crippen LogP contribution >= 0.6 is 0 Å². The molecule has 0 saturated heterocycles. The van der Waals surface area contributed by atoms with Crippen molar-refractivity contribution in [3.63, 3.8) is 0 Å². The van der Waals surface area contributed by atoms with E-state index in [0.717, 1.165) is 17.2 Å². The number of hydrogen-bond donors (Lipinski definition) is 1. The van der Waals surface area contributed by atoms with E-state index in [1.165, 1.54) is 13.2 Å². The molecule has 3 aromatic carbocycles. The Morgan fingerprint density at radius 1 is 0.964 bits per heavy atom. The highest BCUT2D eigenvalue weighted by Crippen LogP contribution is 2.52. The molecule has 1 aliphatic heterocycles. The highest BCUT2D eigenvalue weighted by atomic mass is 16.7. The van der Waals surface area contributed by atoms with Crippen LogP contribution in [0.1, 0.15) is 16.7 Å². The molecule has 140 valence electrons. The molecule has 5 heteroatoms. The number of carbonyl (C=O) groups is 1. The van der Waals surface area contributed by atoms with Gasteiger partial charge in [-0.25, -0.2) is 4.79 Å². The summed E-state index contributed by atoms with van der Waals surface area (Å²) in [6.45, 7) is 0. The summed E-state index contributed by atoms with van der Waals surface area (Å²) in [6.07, 6.45) is 2.55. The molecule has 0 saturated carbocycles. The maximum Gasteiger partial charge on any atom is 0.328 e. The highest BCUT2D eigenvalue weighted by Gasteiger charge is 2.46. The van der Waals surface area contributed by atoms with Crippen molar-refractivity contribution in [3.8, 4) is 17.2 Å². The van der Waals surface area contributed by atoms with Gasteiger partial charge in [-0.1, -0.05) is 60.7 Å². The quantitative estimate of drug-likeness (QED) is 0.668. The van der Waals surface area contributed by atoms with E-state index in [1.54, 1.807) is 12.1 Å². The number of carboxylic acid groups (broad SMARTS) is 1. The second kappa shape index (κ2) is 7.12. The van der Waals surface area contributed by atoms with Gasteiger partial charge in [-0.15, -0.1) is 0 Å². The Bertz CT molecular complexity index is 986. The number of hydrogen-bond acceptors (Lipinski definition) is 4. The molecule has 5 nitrogen and oxygen atoms in total. The molecule has 1 aliphatic rings. The lowest BCUT2D eigenvalue weighted by Crippen LogP contribution is -2.36. The van der Waals surface area contributed by atoms with Crippen molar-refractivity contribution in [2.45, 2.75) is 5.79 Å². The topological polar surface area (TPSA) is 65.0 Å². The number of methoxy groups -OCH3 is 1. The van der Waals surface area contributed by atoms with E-state index in [0.29, 0.717) is 22.8 Å². The molecule has 0 bridgehead atoms. The van der Waals surface area contributed by atoms with Crippen LogP contribution in [0.3, 0.4) is 0 Å². The zero-order valence-corrected chi connectivity index (χ0v) is 15.2. The summed E-state index contributed by atoms with van der Waals surface area (Å²) >= 11 is 0. The average molecular weight is 374 g/mol. The Morgan fingerprint density at radius 2 is 1.57 bits per heavy atom. The molecule has 1 N–H and O–H groups in total. The lowest BCUT2D eigenvalue weighted by molar-refractivity contribution is -0.131. The van der Waals surface area contributed by atoms with Crippen LogP contribution in [0.2, 0.25) is 0 Å². The van der Waals surface area contributed by atoms with Gasteiger partial charge in [-0.3, -0.25) is 0 Å². The van der Waals surface area contributed by atoms with Crippen LogP contribution in [0.25, 0.3) is 6.08 Å². The van der Waals surface area contributed by atoms with Crippen molar-refractivity contribution in [1.82, 2.24) is 0 Å². The Labute approximate surface area is 162 Å². The molecule has 0 aliphatic carbocycles. The van der Waals surface area contributed by atoms with Crippen molar-refractivity contribution in [1.29, 1.82) is 0 Å². The van der Waals surface area contributed by atoms with Crippen LogP contribution in [0.15, 0.2) is 78.9 Å². The SMILES string of the molecule is COc1cc(C=CC(=O)O)cc2c1OC(c1ccccc1)(c1ccccc1)O2. The van der Waals surface area contributed by atoms with Crippen molar-refractivity contribution >= 4 is 12.0 Å². The minimum Gasteiger partial charge on any atom is -0.493 e. The molecule has 0 aromatic heterocycles. The number of benzene rings is 3. The van der Waals surface area contributed by atoms with Crippen molar-refractivity contribution in [2.24, 2.45) is 0 Å². The molecular weight excluding hydrogens is 356 g/mol. The molecule has 1 heterocycles. The molecule has 0 spiro atoms. The summed E-state index contributed by atoms with van der Waals surface area (Å²) < 4.78 is 18.2. The minimum atomic E-state index is -1.16. The second-order valence-electron chi connectivity index (χ2n) is 6.27. The van der Waals surface area contributed by atoms with Gasteiger partial charge in [0.2, 0.25) is 5.75 Å². The Kier molecular flexibility index (Phi) is 4.49. The van der Waals surface area contributed by atoms with Crippen LogP contribution in [0, 0.1) is 0 Å². The van der Waals surface area contributed by atoms with E-state index in [-0.39, 0.29) is 0 Å². The molecule has 0 amide bonds. The van der Waals surface area contributed by atoms with E-state index in [4.69, 9.17) is 19.3 Å². The summed E-state index contributed by atoms with van der Waals surface area (Å²) in [5, 5.41) is 8.90. The van der Waals surface area contributed by atoms with Crippen LogP contribution in [0.5, 0.6) is 17.2 Å². The normalized spacial score (nSPS) is 14.2. The summed E-state index contributed by atoms with van der Waals surface area (Å²) in [5.74, 6) is -0.761. The van der Waals surface area contributed by atoms with Gasteiger partial charge < -0.3 is 19.3 Å². The van der Waals surface area contributed by atoms with Gasteiger partial charge in [-0.05, 0) is 23.8 Å². The second-order valence-corrected chi connectivity index (χ2v) is 6.27. The molecule has 28 heavy (non-hydrogen) atoms. The first-order chi connectivity index (χ1) is 13.6. The van der Waals surface area contributed by atoms with E-state index in [2.05, 4.69) is 0 Å². The number of carboxylic acids is 1. The summed E-state index contributed by atoms with van der Waals surface area (Å²) in [5.41, 5.74) is 2.31. The molecule has 3 aromatic rings. The van der Waals surface area contributed by atoms with E-state index < -0.39 is 11.8 Å². The first-order valence-corrected chi connectivity index (χ1v) is 8.74. The van der Waals surface area contributed by atoms with Gasteiger partial charge in [0.15, 0.2) is 11.5 Å². The number of aliphatic carboxylic acids is 1. The predicted octanol–water partition coefficient (Wildman–Crippen LogP) is 4.47. The Balaban J connectivity index is 1.86. The molecule has 0 unspecified atom stereocenters. The third-order valence-corrected chi connectivity index (χ3v) is 4.49. The maximum atomic E-state index is 10.9. The van der Waals surface area contributed by atoms with Crippen molar-refractivity contribution < 1.29 is 24.1 Å². The van der Waals surface area contributed by atoms with E-state index >= 15 is 0 Å². The third-order valence-electron chi connectivity index (χ3n) is 4.49. The maximum absolute atomic E-state index is 10.9. The standard InChI is InChI=1S/C23H18O5/c1-26-19-14-16(12-13-21(24)25)15-20-22(19)28-23(27-20,17-8-4-2-5-9-17)18-10-6-3-7-11-18/h2-15H,1H3,(H,24,25). The molecule has 4 rings (SSSR count). The predicted molar refractivity (Wildman–Crippen MR) is 105 cm³/mol. The number of rotatable bonds is 5. The monoisotopic (exact) mass is 374 g/mol. The molecular formula is C23H18O5. The Morgan fingerprint density at radius 3 is 2.11 bits per heavy atom. The molecule has 0 fully saturated rings. The zero-order chi connectivity index (χ0) is 19.6. The van der Waals surface area contributed by atoms with Crippen LogP contribution < -0.4 is 14.2 Å². The van der Waals surface area contributed by atoms with Crippen LogP contribution in [-0.2, 0) is 10.6 Å². The van der Waals surface area contributed by atoms with Gasteiger partial charge in [0, 0.05) is 17.2 Å². The lowest BCUT2D eigenvalue weighted by atomic mass is 9.97. The summed E-state index contributed by atoms with van der Waals surface area (Å²) in [7, 11) is 1.54. The fraction of sp³-hybridized carbons (Fsp3) is 0.0870. The number of fused-ring (bicyclic) bond motifs is 1. The van der Waals surface area contributed by atoms with Gasteiger partial charge in [0.05, 0.1) is 7.11 Å². The molecule has 0 atom stereocenters. The smallest absolute Gasteiger partial charge is 0.328 e. The van der Waals surface area contributed by atoms with Crippen molar-refractivity contribution in [2.75, 3.05) is 7.11 Å². The summed E-state index contributed by atoms with van der Waals surface area (Å²) in [4.78, 5) is 10.9. The van der Waals surface area contributed by atoms with Crippen LogP contribution in [0.4, 0.5) is 0 Å². The first kappa shape index (κ1) is 17.7. The highest BCUT2D eigenvalue weighted by molar-refractivity contribution is 5.85. The van der Waals surface area contributed by atoms with Crippen LogP contribution in [-0.4, -0.2) is 18.2 Å². The lowest BCUT2D eigenvalue weighted by Gasteiger charge is -2.28. The number of ether oxygens (including phenoxy) is 3. The fourth-order valence-electron chi connectivity index (χ4n) is 3.23. The van der Waals surface area contributed by atoms with Gasteiger partial charge in [0.1, 0.15) is 0 Å². The minimum absolute atomic E-state index is 0.469. The third kappa shape index (κ3) is 3.07. The van der Waals surface area contributed by atoms with E-state index in [1.807, 2.05) is 60.7 Å². The first-order valence-electron chi connectivity index (χ1n) is 8.74. The Hall–Kier alpha value is -3.73.